The topological polar surface area (TPSA) is 84.0 Å². The molecule has 6 nitrogen and oxygen atoms in total. The summed E-state index contributed by atoms with van der Waals surface area (Å²) in [6.45, 7) is 2.81. The van der Waals surface area contributed by atoms with Crippen molar-refractivity contribution in [3.63, 3.8) is 0 Å². The van der Waals surface area contributed by atoms with Crippen LogP contribution in [0.15, 0.2) is 17.3 Å². The number of rotatable bonds is 6. The number of sulfonamides is 1. The predicted molar refractivity (Wildman–Crippen MR) is 81.5 cm³/mol. The van der Waals surface area contributed by atoms with E-state index in [1.165, 1.54) is 12.4 Å². The molecule has 1 fully saturated rings. The van der Waals surface area contributed by atoms with Crippen molar-refractivity contribution in [1.29, 1.82) is 0 Å². The first-order valence-electron chi connectivity index (χ1n) is 6.78. The van der Waals surface area contributed by atoms with Crippen LogP contribution in [-0.2, 0) is 10.0 Å². The highest BCUT2D eigenvalue weighted by Crippen LogP contribution is 2.19. The van der Waals surface area contributed by atoms with Crippen molar-refractivity contribution in [3.05, 3.63) is 12.4 Å². The largest absolute Gasteiger partial charge is 0.354 e. The highest BCUT2D eigenvalue weighted by atomic mass is 32.2. The smallest absolute Gasteiger partial charge is 0.243 e. The molecule has 1 atom stereocenters. The fourth-order valence-electron chi connectivity index (χ4n) is 1.90. The Kier molecular flexibility index (Phi) is 5.62. The third-order valence-electron chi connectivity index (χ3n) is 2.95. The minimum absolute atomic E-state index is 0.0108. The quantitative estimate of drug-likeness (QED) is 0.827. The Morgan fingerprint density at radius 2 is 2.15 bits per heavy atom. The molecular weight excluding hydrogens is 296 g/mol. The van der Waals surface area contributed by atoms with Crippen molar-refractivity contribution in [2.45, 2.75) is 37.1 Å². The molecule has 1 aliphatic rings. The van der Waals surface area contributed by atoms with Gasteiger partial charge >= 0.3 is 0 Å². The number of nitrogens with one attached hydrogen (secondary N) is 2. The van der Waals surface area contributed by atoms with Gasteiger partial charge in [0.2, 0.25) is 16.0 Å². The van der Waals surface area contributed by atoms with Crippen LogP contribution >= 0.6 is 11.8 Å². The van der Waals surface area contributed by atoms with Gasteiger partial charge in [0.1, 0.15) is 4.90 Å². The molecule has 2 rings (SSSR count). The Hall–Kier alpha value is -0.860. The Labute approximate surface area is 124 Å². The maximum atomic E-state index is 12.2. The lowest BCUT2D eigenvalue weighted by Gasteiger charge is -2.22. The first-order valence-corrected chi connectivity index (χ1v) is 9.41. The number of thioether (sulfide) groups is 1. The van der Waals surface area contributed by atoms with Crippen LogP contribution in [0.2, 0.25) is 0 Å². The molecule has 0 spiro atoms. The van der Waals surface area contributed by atoms with Gasteiger partial charge in [0.25, 0.3) is 0 Å². The summed E-state index contributed by atoms with van der Waals surface area (Å²) in [6.07, 6.45) is 5.61. The second-order valence-corrected chi connectivity index (χ2v) is 7.57. The second-order valence-electron chi connectivity index (χ2n) is 4.70. The highest BCUT2D eigenvalue weighted by molar-refractivity contribution is 7.99. The summed E-state index contributed by atoms with van der Waals surface area (Å²) < 4.78 is 27.1. The van der Waals surface area contributed by atoms with Crippen LogP contribution in [0, 0.1) is 0 Å². The molecular formula is C12H20N4O2S2. The molecule has 1 unspecified atom stereocenters. The predicted octanol–water partition coefficient (Wildman–Crippen LogP) is 1.47. The lowest BCUT2D eigenvalue weighted by atomic mass is 10.2. The summed E-state index contributed by atoms with van der Waals surface area (Å²) >= 11 is 1.78. The highest BCUT2D eigenvalue weighted by Gasteiger charge is 2.22. The van der Waals surface area contributed by atoms with Crippen LogP contribution in [0.1, 0.15) is 26.2 Å². The lowest BCUT2D eigenvalue weighted by molar-refractivity contribution is 0.542. The van der Waals surface area contributed by atoms with Crippen molar-refractivity contribution in [3.8, 4) is 0 Å². The second kappa shape index (κ2) is 7.24. The van der Waals surface area contributed by atoms with Crippen molar-refractivity contribution in [1.82, 2.24) is 14.7 Å². The maximum Gasteiger partial charge on any atom is 0.243 e. The van der Waals surface area contributed by atoms with E-state index >= 15 is 0 Å². The number of nitrogens with zero attached hydrogens (tertiary/aromatic N) is 2. The molecule has 0 saturated carbocycles. The molecule has 1 saturated heterocycles. The molecule has 2 heterocycles. The van der Waals surface area contributed by atoms with Gasteiger partial charge in [-0.3, -0.25) is 0 Å². The monoisotopic (exact) mass is 316 g/mol. The van der Waals surface area contributed by atoms with E-state index in [1.807, 2.05) is 6.92 Å². The first kappa shape index (κ1) is 15.5. The summed E-state index contributed by atoms with van der Waals surface area (Å²) in [4.78, 5) is 8.18. The summed E-state index contributed by atoms with van der Waals surface area (Å²) in [5.41, 5.74) is 0. The normalized spacial score (nSPS) is 19.8. The summed E-state index contributed by atoms with van der Waals surface area (Å²) in [5.74, 6) is 2.40. The molecule has 20 heavy (non-hydrogen) atoms. The molecule has 112 valence electrons. The van der Waals surface area contributed by atoms with Crippen LogP contribution in [0.5, 0.6) is 0 Å². The van der Waals surface area contributed by atoms with E-state index < -0.39 is 10.0 Å². The molecule has 1 aliphatic heterocycles. The van der Waals surface area contributed by atoms with Crippen molar-refractivity contribution < 1.29 is 8.42 Å². The standard InChI is InChI=1S/C12H20N4O2S2/c1-2-5-13-12-14-7-11(8-15-12)20(17,18)16-10-4-3-6-19-9-10/h7-8,10,16H,2-6,9H2,1H3,(H,13,14,15). The molecule has 0 aliphatic carbocycles. The maximum absolute atomic E-state index is 12.2. The average molecular weight is 316 g/mol. The van der Waals surface area contributed by atoms with Crippen molar-refractivity contribution >= 4 is 27.7 Å². The van der Waals surface area contributed by atoms with Crippen LogP contribution < -0.4 is 10.0 Å². The van der Waals surface area contributed by atoms with Gasteiger partial charge in [-0.1, -0.05) is 6.92 Å². The fraction of sp³-hybridized carbons (Fsp3) is 0.667. The Balaban J connectivity index is 2.01. The van der Waals surface area contributed by atoms with Crippen LogP contribution in [-0.4, -0.2) is 42.5 Å². The SMILES string of the molecule is CCCNc1ncc(S(=O)(=O)NC2CCCSC2)cn1. The lowest BCUT2D eigenvalue weighted by Crippen LogP contribution is -2.38. The number of hydrogen-bond acceptors (Lipinski definition) is 6. The fourth-order valence-corrected chi connectivity index (χ4v) is 4.24. The number of aromatic nitrogens is 2. The van der Waals surface area contributed by atoms with E-state index in [4.69, 9.17) is 0 Å². The minimum Gasteiger partial charge on any atom is -0.354 e. The molecule has 2 N–H and O–H groups in total. The third kappa shape index (κ3) is 4.32. The summed E-state index contributed by atoms with van der Waals surface area (Å²) in [7, 11) is -3.51. The van der Waals surface area contributed by atoms with E-state index in [2.05, 4.69) is 20.0 Å². The molecule has 1 aromatic rings. The summed E-state index contributed by atoms with van der Waals surface area (Å²) in [5, 5.41) is 3.01. The van der Waals surface area contributed by atoms with Gasteiger partial charge in [0, 0.05) is 18.3 Å². The first-order chi connectivity index (χ1) is 9.62. The van der Waals surface area contributed by atoms with Gasteiger partial charge in [0.15, 0.2) is 0 Å². The zero-order valence-corrected chi connectivity index (χ0v) is 13.1. The molecule has 0 bridgehead atoms. The van der Waals surface area contributed by atoms with E-state index in [-0.39, 0.29) is 10.9 Å². The minimum atomic E-state index is -3.51. The van der Waals surface area contributed by atoms with Crippen LogP contribution in [0.25, 0.3) is 0 Å². The Bertz CT molecular complexity index is 513. The summed E-state index contributed by atoms with van der Waals surface area (Å²) in [6, 6.07) is 0.0108. The van der Waals surface area contributed by atoms with Gasteiger partial charge < -0.3 is 5.32 Å². The van der Waals surface area contributed by atoms with E-state index in [1.54, 1.807) is 11.8 Å². The number of hydrogen-bond donors (Lipinski definition) is 2. The number of anilines is 1. The molecule has 0 radical (unpaired) electrons. The van der Waals surface area contributed by atoms with Gasteiger partial charge in [0.05, 0.1) is 12.4 Å². The van der Waals surface area contributed by atoms with E-state index in [0.29, 0.717) is 5.95 Å². The van der Waals surface area contributed by atoms with Crippen LogP contribution in [0.3, 0.4) is 0 Å². The molecule has 8 heteroatoms. The third-order valence-corrected chi connectivity index (χ3v) is 5.64. The van der Waals surface area contributed by atoms with E-state index in [0.717, 1.165) is 37.3 Å². The van der Waals surface area contributed by atoms with Gasteiger partial charge in [-0.2, -0.15) is 11.8 Å². The molecule has 0 amide bonds. The molecule has 0 aromatic carbocycles. The van der Waals surface area contributed by atoms with Crippen molar-refractivity contribution in [2.24, 2.45) is 0 Å². The van der Waals surface area contributed by atoms with E-state index in [9.17, 15) is 8.42 Å². The average Bonchev–Trinajstić information content (AvgIpc) is 2.46. The zero-order chi connectivity index (χ0) is 14.4. The van der Waals surface area contributed by atoms with Gasteiger partial charge in [-0.25, -0.2) is 23.1 Å². The van der Waals surface area contributed by atoms with Crippen molar-refractivity contribution in [2.75, 3.05) is 23.4 Å². The van der Waals surface area contributed by atoms with Gasteiger partial charge in [-0.15, -0.1) is 0 Å². The Morgan fingerprint density at radius 3 is 2.75 bits per heavy atom. The van der Waals surface area contributed by atoms with Crippen LogP contribution in [0.4, 0.5) is 5.95 Å². The zero-order valence-electron chi connectivity index (χ0n) is 11.5. The van der Waals surface area contributed by atoms with Gasteiger partial charge in [-0.05, 0) is 25.0 Å². The molecule has 1 aromatic heterocycles. The Morgan fingerprint density at radius 1 is 1.40 bits per heavy atom.